The number of carbonyl (C=O) groups excluding carboxylic acids is 1. The normalized spacial score (nSPS) is 23.8. The highest BCUT2D eigenvalue weighted by Gasteiger charge is 2.33. The summed E-state index contributed by atoms with van der Waals surface area (Å²) in [5.41, 5.74) is -0.0408. The van der Waals surface area contributed by atoms with Crippen molar-refractivity contribution in [1.29, 1.82) is 0 Å². The molecule has 0 unspecified atom stereocenters. The molecule has 86 valence electrons. The Hall–Kier alpha value is -0.770. The number of rotatable bonds is 4. The van der Waals surface area contributed by atoms with Crippen LogP contribution in [0, 0.1) is 5.41 Å². The molecule has 2 rings (SSSR count). The molecule has 0 spiro atoms. The molecule has 0 saturated heterocycles. The van der Waals surface area contributed by atoms with Gasteiger partial charge in [0.05, 0.1) is 6.61 Å². The van der Waals surface area contributed by atoms with Crippen molar-refractivity contribution in [3.05, 3.63) is 0 Å². The molecule has 4 nitrogen and oxygen atoms in total. The van der Waals surface area contributed by atoms with E-state index in [0.717, 1.165) is 25.7 Å². The Kier molecular flexibility index (Phi) is 3.14. The van der Waals surface area contributed by atoms with Crippen LogP contribution in [0.4, 0.5) is 4.79 Å². The Morgan fingerprint density at radius 1 is 1.33 bits per heavy atom. The Balaban J connectivity index is 1.72. The van der Waals surface area contributed by atoms with Crippen LogP contribution in [0.25, 0.3) is 0 Å². The third-order valence-electron chi connectivity index (χ3n) is 3.54. The van der Waals surface area contributed by atoms with E-state index < -0.39 is 0 Å². The highest BCUT2D eigenvalue weighted by atomic mass is 16.3. The Labute approximate surface area is 90.4 Å². The first kappa shape index (κ1) is 10.7. The molecule has 0 heterocycles. The number of carbonyl (C=O) groups is 1. The van der Waals surface area contributed by atoms with Gasteiger partial charge in [0.1, 0.15) is 0 Å². The molecule has 2 fully saturated rings. The van der Waals surface area contributed by atoms with Crippen LogP contribution in [0.1, 0.15) is 38.5 Å². The summed E-state index contributed by atoms with van der Waals surface area (Å²) < 4.78 is 0. The minimum absolute atomic E-state index is 0.0408. The van der Waals surface area contributed by atoms with E-state index in [9.17, 15) is 9.90 Å². The number of hydrogen-bond donors (Lipinski definition) is 3. The zero-order valence-corrected chi connectivity index (χ0v) is 9.09. The van der Waals surface area contributed by atoms with Crippen molar-refractivity contribution in [1.82, 2.24) is 10.6 Å². The van der Waals surface area contributed by atoms with E-state index in [0.29, 0.717) is 12.6 Å². The van der Waals surface area contributed by atoms with Crippen LogP contribution in [-0.2, 0) is 0 Å². The highest BCUT2D eigenvalue weighted by molar-refractivity contribution is 5.74. The van der Waals surface area contributed by atoms with Gasteiger partial charge in [0.15, 0.2) is 0 Å². The second-order valence-electron chi connectivity index (χ2n) is 4.97. The van der Waals surface area contributed by atoms with Gasteiger partial charge >= 0.3 is 6.03 Å². The van der Waals surface area contributed by atoms with Gasteiger partial charge in [0, 0.05) is 18.0 Å². The maximum absolute atomic E-state index is 11.4. The van der Waals surface area contributed by atoms with Crippen LogP contribution in [0.2, 0.25) is 0 Å². The first-order valence-corrected chi connectivity index (χ1v) is 5.89. The minimum Gasteiger partial charge on any atom is -0.396 e. The lowest BCUT2D eigenvalue weighted by Crippen LogP contribution is -2.43. The molecule has 2 amide bonds. The van der Waals surface area contributed by atoms with Gasteiger partial charge in [0.2, 0.25) is 0 Å². The van der Waals surface area contributed by atoms with Crippen LogP contribution >= 0.6 is 0 Å². The van der Waals surface area contributed by atoms with E-state index >= 15 is 0 Å². The van der Waals surface area contributed by atoms with Gasteiger partial charge in [-0.25, -0.2) is 4.79 Å². The molecule has 2 aliphatic carbocycles. The highest BCUT2D eigenvalue weighted by Crippen LogP contribution is 2.36. The molecule has 2 aliphatic rings. The lowest BCUT2D eigenvalue weighted by molar-refractivity contribution is 0.129. The molecule has 2 saturated carbocycles. The topological polar surface area (TPSA) is 61.4 Å². The van der Waals surface area contributed by atoms with Crippen molar-refractivity contribution in [3.63, 3.8) is 0 Å². The van der Waals surface area contributed by atoms with Crippen molar-refractivity contribution >= 4 is 6.03 Å². The third kappa shape index (κ3) is 2.84. The van der Waals surface area contributed by atoms with Crippen LogP contribution in [0.5, 0.6) is 0 Å². The first-order chi connectivity index (χ1) is 7.24. The molecule has 15 heavy (non-hydrogen) atoms. The second kappa shape index (κ2) is 4.39. The number of aliphatic hydroxyl groups is 1. The van der Waals surface area contributed by atoms with Crippen LogP contribution < -0.4 is 10.6 Å². The predicted molar refractivity (Wildman–Crippen MR) is 57.5 cm³/mol. The molecule has 0 aromatic heterocycles. The van der Waals surface area contributed by atoms with E-state index in [-0.39, 0.29) is 18.1 Å². The molecule has 0 aromatic carbocycles. The van der Waals surface area contributed by atoms with E-state index in [1.165, 1.54) is 12.8 Å². The molecular formula is C11H20N2O2. The fraction of sp³-hybridized carbons (Fsp3) is 0.909. The van der Waals surface area contributed by atoms with Crippen molar-refractivity contribution in [2.45, 2.75) is 44.6 Å². The number of amides is 2. The Morgan fingerprint density at radius 3 is 2.53 bits per heavy atom. The molecule has 4 heteroatoms. The summed E-state index contributed by atoms with van der Waals surface area (Å²) in [6.07, 6.45) is 6.64. The fourth-order valence-corrected chi connectivity index (χ4v) is 2.25. The van der Waals surface area contributed by atoms with Gasteiger partial charge in [-0.3, -0.25) is 0 Å². The largest absolute Gasteiger partial charge is 0.396 e. The molecule has 0 aliphatic heterocycles. The molecule has 0 radical (unpaired) electrons. The lowest BCUT2D eigenvalue weighted by Gasteiger charge is -2.26. The van der Waals surface area contributed by atoms with E-state index in [2.05, 4.69) is 10.6 Å². The van der Waals surface area contributed by atoms with Gasteiger partial charge in [-0.1, -0.05) is 12.8 Å². The number of aliphatic hydroxyl groups excluding tert-OH is 1. The number of urea groups is 1. The summed E-state index contributed by atoms with van der Waals surface area (Å²) in [6, 6.07) is 0.330. The molecular weight excluding hydrogens is 192 g/mol. The number of hydrogen-bond acceptors (Lipinski definition) is 2. The fourth-order valence-electron chi connectivity index (χ4n) is 2.25. The van der Waals surface area contributed by atoms with Crippen LogP contribution in [0.3, 0.4) is 0 Å². The van der Waals surface area contributed by atoms with Crippen LogP contribution in [0.15, 0.2) is 0 Å². The van der Waals surface area contributed by atoms with Gasteiger partial charge < -0.3 is 15.7 Å². The van der Waals surface area contributed by atoms with E-state index in [1.807, 2.05) is 0 Å². The maximum Gasteiger partial charge on any atom is 0.315 e. The van der Waals surface area contributed by atoms with Gasteiger partial charge in [-0.05, 0) is 25.7 Å². The first-order valence-electron chi connectivity index (χ1n) is 5.89. The second-order valence-corrected chi connectivity index (χ2v) is 4.97. The van der Waals surface area contributed by atoms with Crippen LogP contribution in [-0.4, -0.2) is 30.3 Å². The summed E-state index contributed by atoms with van der Waals surface area (Å²) in [7, 11) is 0. The predicted octanol–water partition coefficient (Wildman–Crippen LogP) is 1.00. The third-order valence-corrected chi connectivity index (χ3v) is 3.54. The van der Waals surface area contributed by atoms with Crippen molar-refractivity contribution in [2.24, 2.45) is 5.41 Å². The smallest absolute Gasteiger partial charge is 0.315 e. The average molecular weight is 212 g/mol. The summed E-state index contributed by atoms with van der Waals surface area (Å²) in [5, 5.41) is 15.1. The summed E-state index contributed by atoms with van der Waals surface area (Å²) in [5.74, 6) is 0. The zero-order valence-electron chi connectivity index (χ0n) is 9.09. The van der Waals surface area contributed by atoms with Crippen molar-refractivity contribution < 1.29 is 9.90 Å². The van der Waals surface area contributed by atoms with Crippen molar-refractivity contribution in [2.75, 3.05) is 13.2 Å². The van der Waals surface area contributed by atoms with Gasteiger partial charge in [-0.2, -0.15) is 0 Å². The molecule has 3 N–H and O–H groups in total. The zero-order chi connectivity index (χ0) is 10.7. The molecule has 0 aromatic rings. The minimum atomic E-state index is -0.0720. The lowest BCUT2D eigenvalue weighted by atomic mass is 9.87. The summed E-state index contributed by atoms with van der Waals surface area (Å²) in [4.78, 5) is 11.4. The quantitative estimate of drug-likeness (QED) is 0.651. The van der Waals surface area contributed by atoms with E-state index in [1.54, 1.807) is 0 Å². The summed E-state index contributed by atoms with van der Waals surface area (Å²) in [6.45, 7) is 0.804. The SMILES string of the molecule is O=C(NCC1(CO)CCCC1)NC1CC1. The Morgan fingerprint density at radius 2 is 2.00 bits per heavy atom. The van der Waals surface area contributed by atoms with Gasteiger partial charge in [-0.15, -0.1) is 0 Å². The standard InChI is InChI=1S/C11H20N2O2/c14-8-11(5-1-2-6-11)7-12-10(15)13-9-3-4-9/h9,14H,1-8H2,(H2,12,13,15). The average Bonchev–Trinajstić information content (AvgIpc) is 2.93. The monoisotopic (exact) mass is 212 g/mol. The molecule has 0 bridgehead atoms. The van der Waals surface area contributed by atoms with Gasteiger partial charge in [0.25, 0.3) is 0 Å². The Bertz CT molecular complexity index is 233. The summed E-state index contributed by atoms with van der Waals surface area (Å²) >= 11 is 0. The van der Waals surface area contributed by atoms with E-state index in [4.69, 9.17) is 0 Å². The molecule has 0 atom stereocenters. The number of nitrogens with one attached hydrogen (secondary N) is 2. The van der Waals surface area contributed by atoms with Crippen molar-refractivity contribution in [3.8, 4) is 0 Å². The maximum atomic E-state index is 11.4.